The molecule has 2 amide bonds. The highest BCUT2D eigenvalue weighted by Gasteiger charge is 2.28. The van der Waals surface area contributed by atoms with E-state index in [1.807, 2.05) is 27.7 Å². The molecule has 0 aliphatic carbocycles. The number of nitriles is 2. The lowest BCUT2D eigenvalue weighted by Crippen LogP contribution is -2.49. The summed E-state index contributed by atoms with van der Waals surface area (Å²) >= 11 is 7.20. The van der Waals surface area contributed by atoms with E-state index in [-0.39, 0.29) is 57.5 Å². The van der Waals surface area contributed by atoms with E-state index in [0.29, 0.717) is 35.0 Å². The Hall–Kier alpha value is -6.18. The van der Waals surface area contributed by atoms with Crippen molar-refractivity contribution in [2.24, 2.45) is 23.3 Å². The molecule has 0 spiro atoms. The van der Waals surface area contributed by atoms with Gasteiger partial charge in [0.05, 0.1) is 23.3 Å². The molecule has 5 atom stereocenters. The molecule has 17 nitrogen and oxygen atoms in total. The number of hydrogen-bond acceptors (Lipinski definition) is 16. The van der Waals surface area contributed by atoms with E-state index in [9.17, 15) is 29.7 Å². The number of esters is 2. The molecule has 334 valence electrons. The second-order valence-electron chi connectivity index (χ2n) is 15.5. The van der Waals surface area contributed by atoms with E-state index in [1.54, 1.807) is 48.5 Å². The first-order valence-corrected chi connectivity index (χ1v) is 21.5. The minimum atomic E-state index is -1.18. The minimum Gasteiger partial charge on any atom is -0.490 e. The molecule has 0 fully saturated rings. The average molecular weight is 902 g/mol. The highest BCUT2D eigenvalue weighted by atomic mass is 35.5. The molecule has 2 aromatic carbocycles. The first kappa shape index (κ1) is 49.5. The normalized spacial score (nSPS) is 13.5. The number of oxazole rings is 1. The molecule has 0 unspecified atom stereocenters. The van der Waals surface area contributed by atoms with Crippen molar-refractivity contribution < 1.29 is 37.8 Å². The summed E-state index contributed by atoms with van der Waals surface area (Å²) in [4.78, 5) is 60.2. The summed E-state index contributed by atoms with van der Waals surface area (Å²) in [6.07, 6.45) is 1.13. The van der Waals surface area contributed by atoms with Crippen molar-refractivity contribution in [2.45, 2.75) is 95.4 Å². The molecule has 0 radical (unpaired) electrons. The summed E-state index contributed by atoms with van der Waals surface area (Å²) in [5, 5.41) is 26.3. The fourth-order valence-corrected chi connectivity index (χ4v) is 7.01. The Morgan fingerprint density at radius 2 is 1.35 bits per heavy atom. The predicted molar refractivity (Wildman–Crippen MR) is 236 cm³/mol. The number of aromatic nitrogens is 2. The summed E-state index contributed by atoms with van der Waals surface area (Å²) in [6, 6.07) is 13.7. The van der Waals surface area contributed by atoms with E-state index < -0.39 is 60.6 Å². The summed E-state index contributed by atoms with van der Waals surface area (Å²) in [6.45, 7) is 9.73. The van der Waals surface area contributed by atoms with Crippen molar-refractivity contribution in [3.8, 4) is 40.5 Å². The highest BCUT2D eigenvalue weighted by Crippen LogP contribution is 2.37. The Kier molecular flexibility index (Phi) is 18.3. The molecule has 0 bridgehead atoms. The lowest BCUT2D eigenvalue weighted by atomic mass is 9.97. The molecule has 0 saturated carbocycles. The third-order valence-electron chi connectivity index (χ3n) is 9.24. The largest absolute Gasteiger partial charge is 0.490 e. The second kappa shape index (κ2) is 23.3. The number of pyridine rings is 1. The van der Waals surface area contributed by atoms with E-state index in [0.717, 1.165) is 5.56 Å². The molecular weight excluding hydrogens is 850 g/mol. The summed E-state index contributed by atoms with van der Waals surface area (Å²) < 4.78 is 22.7. The maximum absolute atomic E-state index is 13.2. The Labute approximate surface area is 375 Å². The van der Waals surface area contributed by atoms with E-state index in [2.05, 4.69) is 32.7 Å². The van der Waals surface area contributed by atoms with Gasteiger partial charge in [0.1, 0.15) is 65.9 Å². The maximum atomic E-state index is 13.2. The van der Waals surface area contributed by atoms with Gasteiger partial charge in [0.25, 0.3) is 0 Å². The molecule has 63 heavy (non-hydrogen) atoms. The summed E-state index contributed by atoms with van der Waals surface area (Å²) in [7, 11) is 0. The average Bonchev–Trinajstić information content (AvgIpc) is 3.72. The number of nitrogens with two attached hydrogens (primary N) is 3. The smallest absolute Gasteiger partial charge is 0.328 e. The van der Waals surface area contributed by atoms with Gasteiger partial charge in [-0.15, -0.1) is 0 Å². The number of nitrogen functional groups attached to an aromatic ring is 1. The Morgan fingerprint density at radius 1 is 0.794 bits per heavy atom. The van der Waals surface area contributed by atoms with Crippen molar-refractivity contribution in [3.63, 3.8) is 0 Å². The van der Waals surface area contributed by atoms with Crippen LogP contribution in [0, 0.1) is 34.5 Å². The number of anilines is 1. The van der Waals surface area contributed by atoms with Crippen molar-refractivity contribution in [1.82, 2.24) is 20.6 Å². The topological polar surface area (TPSA) is 285 Å². The molecule has 19 heteroatoms. The molecule has 2 heterocycles. The van der Waals surface area contributed by atoms with Crippen LogP contribution in [0.2, 0.25) is 5.02 Å². The summed E-state index contributed by atoms with van der Waals surface area (Å²) in [5.41, 5.74) is 20.3. The number of carbonyl (C=O) groups is 4. The summed E-state index contributed by atoms with van der Waals surface area (Å²) in [5.74, 6) is -1.55. The van der Waals surface area contributed by atoms with Crippen LogP contribution in [-0.4, -0.2) is 77.2 Å². The van der Waals surface area contributed by atoms with Crippen molar-refractivity contribution in [1.29, 1.82) is 10.5 Å². The first-order valence-electron chi connectivity index (χ1n) is 20.1. The van der Waals surface area contributed by atoms with Crippen LogP contribution in [-0.2, 0) is 34.4 Å². The molecule has 0 aliphatic heterocycles. The number of carbonyl (C=O) groups excluding carboxylic acids is 4. The van der Waals surface area contributed by atoms with Gasteiger partial charge in [-0.05, 0) is 80.5 Å². The molecule has 2 aromatic heterocycles. The van der Waals surface area contributed by atoms with Crippen LogP contribution >= 0.6 is 23.4 Å². The third-order valence-corrected chi connectivity index (χ3v) is 10.5. The minimum absolute atomic E-state index is 0.00326. The fraction of sp³-hybridized carbons (Fsp3) is 0.409. The first-order chi connectivity index (χ1) is 29.9. The number of amides is 2. The van der Waals surface area contributed by atoms with E-state index in [4.69, 9.17) is 47.4 Å². The number of hydrogen-bond donors (Lipinski definition) is 5. The molecule has 4 aromatic rings. The van der Waals surface area contributed by atoms with E-state index in [1.165, 1.54) is 31.9 Å². The lowest BCUT2D eigenvalue weighted by Gasteiger charge is -2.23. The fourth-order valence-electron chi connectivity index (χ4n) is 6.01. The number of benzene rings is 2. The van der Waals surface area contributed by atoms with Crippen LogP contribution in [0.25, 0.3) is 22.6 Å². The number of halogens is 1. The second-order valence-corrected chi connectivity index (χ2v) is 16.9. The molecule has 4 rings (SSSR count). The van der Waals surface area contributed by atoms with Crippen LogP contribution in [0.3, 0.4) is 0 Å². The standard InChI is InChI=1S/C44H52ClN9O8S/c1-23(2)15-35(48)39(55)51-25(5)43(57)61-21-32(62-44(58)26(6)52-40(56)36(49)16-24(3)4)20-59-31-13-9-27(10-14-31)37-33(17-46)38(50)54-42(34(37)18-47)63-22-30-19-60-41(53-30)28-7-11-29(45)12-8-28/h7-14,19,23-26,32,35-36H,15-16,20-22,48-49H2,1-6H3,(H2,50,54)(H,51,55)(H,52,56)/t25-,26-,32-,35-,36-/m0/s1. The number of nitrogens with one attached hydrogen (secondary N) is 2. The number of rotatable bonds is 21. The van der Waals surface area contributed by atoms with Gasteiger partial charge in [-0.1, -0.05) is 63.2 Å². The van der Waals surface area contributed by atoms with Crippen LogP contribution in [0.4, 0.5) is 5.82 Å². The lowest BCUT2D eigenvalue weighted by molar-refractivity contribution is -0.163. The number of nitrogens with zero attached hydrogens (tertiary/aromatic N) is 4. The zero-order valence-corrected chi connectivity index (χ0v) is 37.4. The Morgan fingerprint density at radius 3 is 1.90 bits per heavy atom. The maximum Gasteiger partial charge on any atom is 0.328 e. The van der Waals surface area contributed by atoms with Crippen molar-refractivity contribution in [3.05, 3.63) is 76.6 Å². The Bertz CT molecular complexity index is 2310. The Balaban J connectivity index is 1.50. The van der Waals surface area contributed by atoms with Gasteiger partial charge in [-0.3, -0.25) is 9.59 Å². The van der Waals surface area contributed by atoms with Crippen LogP contribution in [0.15, 0.2) is 64.2 Å². The van der Waals surface area contributed by atoms with Gasteiger partial charge >= 0.3 is 11.9 Å². The van der Waals surface area contributed by atoms with Crippen LogP contribution < -0.4 is 32.6 Å². The van der Waals surface area contributed by atoms with Crippen LogP contribution in [0.1, 0.15) is 71.2 Å². The van der Waals surface area contributed by atoms with Gasteiger partial charge in [0.2, 0.25) is 17.7 Å². The molecular formula is C44H52ClN9O8S. The predicted octanol–water partition coefficient (Wildman–Crippen LogP) is 5.26. The quantitative estimate of drug-likeness (QED) is 0.0526. The zero-order chi connectivity index (χ0) is 46.4. The third kappa shape index (κ3) is 14.4. The van der Waals surface area contributed by atoms with E-state index >= 15 is 0 Å². The van der Waals surface area contributed by atoms with Crippen molar-refractivity contribution >= 4 is 52.9 Å². The monoisotopic (exact) mass is 901 g/mol. The molecule has 0 saturated heterocycles. The SMILES string of the molecule is CC(C)C[C@H](N)C(=O)N[C@@H](C)C(=O)OC[C@H](COc1ccc(-c2c(C#N)c(N)nc(SCc3coc(-c4ccc(Cl)cc4)n3)c2C#N)cc1)OC(=O)[C@H](C)NC(=O)[C@@H](N)CC(C)C. The van der Waals surface area contributed by atoms with Gasteiger partial charge in [0.15, 0.2) is 6.10 Å². The van der Waals surface area contributed by atoms with Crippen LogP contribution in [0.5, 0.6) is 5.75 Å². The van der Waals surface area contributed by atoms with Gasteiger partial charge in [0, 0.05) is 21.9 Å². The molecule has 8 N–H and O–H groups in total. The number of thioether (sulfide) groups is 1. The highest BCUT2D eigenvalue weighted by molar-refractivity contribution is 7.98. The number of ether oxygens (including phenoxy) is 3. The van der Waals surface area contributed by atoms with Gasteiger partial charge in [-0.2, -0.15) is 10.5 Å². The van der Waals surface area contributed by atoms with Gasteiger partial charge in [-0.25, -0.2) is 19.6 Å². The van der Waals surface area contributed by atoms with Crippen molar-refractivity contribution in [2.75, 3.05) is 18.9 Å². The molecule has 0 aliphatic rings. The van der Waals surface area contributed by atoms with Gasteiger partial charge < -0.3 is 46.5 Å². The zero-order valence-electron chi connectivity index (χ0n) is 35.8.